The second-order valence-corrected chi connectivity index (χ2v) is 5.10. The first-order valence-electron chi connectivity index (χ1n) is 5.21. The van der Waals surface area contributed by atoms with Crippen molar-refractivity contribution in [3.63, 3.8) is 0 Å². The van der Waals surface area contributed by atoms with Crippen LogP contribution in [0.15, 0.2) is 36.4 Å². The smallest absolute Gasteiger partial charge is 0.159 e. The Balaban J connectivity index is 2.30. The van der Waals surface area contributed by atoms with E-state index in [1.807, 2.05) is 30.3 Å². The highest BCUT2D eigenvalue weighted by Crippen LogP contribution is 2.33. The summed E-state index contributed by atoms with van der Waals surface area (Å²) in [7, 11) is 0. The maximum absolute atomic E-state index is 8.86. The Morgan fingerprint density at radius 1 is 1.06 bits per heavy atom. The van der Waals surface area contributed by atoms with E-state index in [0.717, 1.165) is 21.3 Å². The van der Waals surface area contributed by atoms with Gasteiger partial charge in [0.15, 0.2) is 5.15 Å². The van der Waals surface area contributed by atoms with Gasteiger partial charge in [0.2, 0.25) is 0 Å². The number of hydrogen-bond donors (Lipinski definition) is 0. The van der Waals surface area contributed by atoms with Crippen LogP contribution < -0.4 is 0 Å². The minimum Gasteiger partial charge on any atom is -0.192 e. The van der Waals surface area contributed by atoms with Crippen molar-refractivity contribution >= 4 is 33.7 Å². The van der Waals surface area contributed by atoms with Crippen LogP contribution in [0.3, 0.4) is 0 Å². The molecule has 86 valence electrons. The van der Waals surface area contributed by atoms with Crippen molar-refractivity contribution in [2.75, 3.05) is 0 Å². The van der Waals surface area contributed by atoms with Crippen molar-refractivity contribution < 1.29 is 0 Å². The normalized spacial score (nSPS) is 10.4. The summed E-state index contributed by atoms with van der Waals surface area (Å²) in [5.41, 5.74) is 0.765. The van der Waals surface area contributed by atoms with Crippen LogP contribution in [0.1, 0.15) is 4.88 Å². The third kappa shape index (κ3) is 1.74. The molecule has 0 N–H and O–H groups in total. The molecular weight excluding hydrogens is 266 g/mol. The first kappa shape index (κ1) is 11.1. The molecule has 0 saturated heterocycles. The average Bonchev–Trinajstić information content (AvgIpc) is 2.88. The summed E-state index contributed by atoms with van der Waals surface area (Å²) in [4.78, 5) is 1.58. The molecule has 0 aliphatic rings. The molecule has 5 heteroatoms. The third-order valence-electron chi connectivity index (χ3n) is 2.59. The van der Waals surface area contributed by atoms with Gasteiger partial charge in [-0.05, 0) is 12.1 Å². The monoisotopic (exact) mass is 271 g/mol. The minimum atomic E-state index is 0.395. The van der Waals surface area contributed by atoms with Crippen LogP contribution in [0, 0.1) is 11.3 Å². The van der Waals surface area contributed by atoms with Gasteiger partial charge < -0.3 is 0 Å². The van der Waals surface area contributed by atoms with Gasteiger partial charge in [0.25, 0.3) is 0 Å². The molecule has 3 rings (SSSR count). The van der Waals surface area contributed by atoms with E-state index in [4.69, 9.17) is 16.9 Å². The zero-order valence-corrected chi connectivity index (χ0v) is 10.7. The summed E-state index contributed by atoms with van der Waals surface area (Å²) in [5, 5.41) is 19.2. The van der Waals surface area contributed by atoms with E-state index in [-0.39, 0.29) is 0 Å². The molecule has 3 aromatic rings. The van der Waals surface area contributed by atoms with Crippen molar-refractivity contribution in [3.8, 4) is 16.6 Å². The quantitative estimate of drug-likeness (QED) is 0.675. The van der Waals surface area contributed by atoms with Crippen molar-refractivity contribution in [3.05, 3.63) is 46.4 Å². The minimum absolute atomic E-state index is 0.395. The fourth-order valence-corrected chi connectivity index (χ4v) is 2.78. The number of aromatic nitrogens is 2. The number of thiophene rings is 1. The molecule has 0 fully saturated rings. The lowest BCUT2D eigenvalue weighted by molar-refractivity contribution is 1.06. The van der Waals surface area contributed by atoms with E-state index in [2.05, 4.69) is 16.3 Å². The van der Waals surface area contributed by atoms with Gasteiger partial charge in [0.1, 0.15) is 16.6 Å². The molecule has 0 amide bonds. The van der Waals surface area contributed by atoms with Gasteiger partial charge in [0.05, 0.1) is 4.88 Å². The summed E-state index contributed by atoms with van der Waals surface area (Å²) in [6.45, 7) is 0. The molecule has 0 aliphatic carbocycles. The van der Waals surface area contributed by atoms with Crippen molar-refractivity contribution in [2.24, 2.45) is 0 Å². The Labute approximate surface area is 112 Å². The Kier molecular flexibility index (Phi) is 2.71. The van der Waals surface area contributed by atoms with Crippen LogP contribution in [-0.4, -0.2) is 10.2 Å². The van der Waals surface area contributed by atoms with Crippen LogP contribution in [0.4, 0.5) is 0 Å². The van der Waals surface area contributed by atoms with E-state index >= 15 is 0 Å². The van der Waals surface area contributed by atoms with Crippen LogP contribution in [-0.2, 0) is 0 Å². The van der Waals surface area contributed by atoms with Crippen LogP contribution in [0.2, 0.25) is 5.15 Å². The number of halogens is 1. The molecule has 3 nitrogen and oxygen atoms in total. The Morgan fingerprint density at radius 2 is 1.83 bits per heavy atom. The lowest BCUT2D eigenvalue weighted by atomic mass is 10.1. The van der Waals surface area contributed by atoms with Crippen LogP contribution in [0.25, 0.3) is 21.3 Å². The Hall–Kier alpha value is -1.96. The van der Waals surface area contributed by atoms with Crippen molar-refractivity contribution in [1.29, 1.82) is 5.26 Å². The van der Waals surface area contributed by atoms with Crippen molar-refractivity contribution in [2.45, 2.75) is 0 Å². The second kappa shape index (κ2) is 4.37. The molecule has 18 heavy (non-hydrogen) atoms. The van der Waals surface area contributed by atoms with Crippen LogP contribution >= 0.6 is 22.9 Å². The topological polar surface area (TPSA) is 49.6 Å². The van der Waals surface area contributed by atoms with E-state index in [1.165, 1.54) is 11.3 Å². The van der Waals surface area contributed by atoms with E-state index in [9.17, 15) is 0 Å². The maximum Gasteiger partial charge on any atom is 0.159 e. The highest BCUT2D eigenvalue weighted by atomic mass is 35.5. The van der Waals surface area contributed by atoms with Crippen molar-refractivity contribution in [1.82, 2.24) is 10.2 Å². The number of fused-ring (bicyclic) bond motifs is 1. The van der Waals surface area contributed by atoms with E-state index in [0.29, 0.717) is 10.0 Å². The molecule has 2 aromatic heterocycles. The Bertz CT molecular complexity index is 773. The zero-order chi connectivity index (χ0) is 12.5. The number of benzene rings is 1. The van der Waals surface area contributed by atoms with Gasteiger partial charge in [-0.3, -0.25) is 0 Å². The Morgan fingerprint density at radius 3 is 2.56 bits per heavy atom. The largest absolute Gasteiger partial charge is 0.192 e. The third-order valence-corrected chi connectivity index (χ3v) is 3.87. The summed E-state index contributed by atoms with van der Waals surface area (Å²) < 4.78 is 0. The molecule has 2 heterocycles. The van der Waals surface area contributed by atoms with Gasteiger partial charge in [-0.25, -0.2) is 0 Å². The number of rotatable bonds is 1. The lowest BCUT2D eigenvalue weighted by Crippen LogP contribution is -1.89. The number of nitrogens with zero attached hydrogens (tertiary/aromatic N) is 3. The number of nitriles is 1. The summed E-state index contributed by atoms with van der Waals surface area (Å²) in [6, 6.07) is 13.5. The zero-order valence-electron chi connectivity index (χ0n) is 9.09. The SMILES string of the molecule is N#Cc1ccc(-c2nnc(Cl)c3ccccc23)s1. The molecule has 0 atom stereocenters. The molecule has 0 aliphatic heterocycles. The number of hydrogen-bond acceptors (Lipinski definition) is 4. The van der Waals surface area contributed by atoms with Gasteiger partial charge in [-0.1, -0.05) is 35.9 Å². The van der Waals surface area contributed by atoms with Crippen LogP contribution in [0.5, 0.6) is 0 Å². The highest BCUT2D eigenvalue weighted by Gasteiger charge is 2.11. The summed E-state index contributed by atoms with van der Waals surface area (Å²) >= 11 is 7.43. The first-order chi connectivity index (χ1) is 8.79. The van der Waals surface area contributed by atoms with Gasteiger partial charge in [0, 0.05) is 10.8 Å². The van der Waals surface area contributed by atoms with Gasteiger partial charge >= 0.3 is 0 Å². The van der Waals surface area contributed by atoms with Gasteiger partial charge in [-0.2, -0.15) is 5.26 Å². The highest BCUT2D eigenvalue weighted by molar-refractivity contribution is 7.16. The molecular formula is C13H6ClN3S. The molecule has 0 radical (unpaired) electrons. The fraction of sp³-hybridized carbons (Fsp3) is 0. The molecule has 0 unspecified atom stereocenters. The average molecular weight is 272 g/mol. The van der Waals surface area contributed by atoms with Gasteiger partial charge in [-0.15, -0.1) is 21.5 Å². The lowest BCUT2D eigenvalue weighted by Gasteiger charge is -2.03. The summed E-state index contributed by atoms with van der Waals surface area (Å²) in [5.74, 6) is 0. The summed E-state index contributed by atoms with van der Waals surface area (Å²) in [6.07, 6.45) is 0. The molecule has 1 aromatic carbocycles. The maximum atomic E-state index is 8.86. The molecule has 0 saturated carbocycles. The van der Waals surface area contributed by atoms with E-state index < -0.39 is 0 Å². The first-order valence-corrected chi connectivity index (χ1v) is 6.40. The predicted molar refractivity (Wildman–Crippen MR) is 72.6 cm³/mol. The second-order valence-electron chi connectivity index (χ2n) is 3.66. The fourth-order valence-electron chi connectivity index (χ4n) is 1.78. The molecule has 0 bridgehead atoms. The predicted octanol–water partition coefficient (Wildman–Crippen LogP) is 3.88. The molecule has 0 spiro atoms. The standard InChI is InChI=1S/C13H6ClN3S/c14-13-10-4-2-1-3-9(10)12(16-17-13)11-6-5-8(7-15)18-11/h1-6H. The van der Waals surface area contributed by atoms with E-state index in [1.54, 1.807) is 6.07 Å².